The number of hydrogen-bond acceptors (Lipinski definition) is 5. The van der Waals surface area contributed by atoms with Crippen LogP contribution in [0.25, 0.3) is 10.1 Å². The number of piperazine rings is 1. The monoisotopic (exact) mass is 436 g/mol. The van der Waals surface area contributed by atoms with Gasteiger partial charge in [-0.15, -0.1) is 11.3 Å². The summed E-state index contributed by atoms with van der Waals surface area (Å²) in [6.07, 6.45) is 0. The van der Waals surface area contributed by atoms with Crippen molar-refractivity contribution in [3.8, 4) is 0 Å². The summed E-state index contributed by atoms with van der Waals surface area (Å²) in [5.74, 6) is -0.124. The molecule has 0 radical (unpaired) electrons. The molecule has 1 aliphatic rings. The van der Waals surface area contributed by atoms with Crippen molar-refractivity contribution in [3.05, 3.63) is 59.5 Å². The molecule has 0 unspecified atom stereocenters. The molecule has 1 atom stereocenters. The van der Waals surface area contributed by atoms with E-state index in [1.54, 1.807) is 35.6 Å². The third kappa shape index (κ3) is 5.31. The molecule has 162 valence electrons. The van der Waals surface area contributed by atoms with Crippen molar-refractivity contribution in [1.82, 2.24) is 9.80 Å². The quantitative estimate of drug-likeness (QED) is 0.613. The van der Waals surface area contributed by atoms with Gasteiger partial charge in [0.1, 0.15) is 0 Å². The summed E-state index contributed by atoms with van der Waals surface area (Å²) < 4.78 is 1.34. The Kier molecular flexibility index (Phi) is 6.65. The number of carbonyl (C=O) groups excluding carboxylic acids is 2. The molecule has 2 aromatic carbocycles. The lowest BCUT2D eigenvalue weighted by Gasteiger charge is -2.37. The molecule has 0 aliphatic carbocycles. The standard InChI is InChI=1S/C24H28N4O2S/c1-17(24(30)26-21-9-7-20(8-10-21)25-18(2)29)28-13-11-27(12-14-28)15-19-16-31-23-6-4-3-5-22(19)23/h3-10,16-17H,11-15H2,1-2H3,(H,25,29)(H,26,30)/t17-/m0/s1. The van der Waals surface area contributed by atoms with Gasteiger partial charge in [0.2, 0.25) is 11.8 Å². The summed E-state index contributed by atoms with van der Waals surface area (Å²) in [6.45, 7) is 8.04. The first-order valence-corrected chi connectivity index (χ1v) is 11.5. The van der Waals surface area contributed by atoms with E-state index in [0.29, 0.717) is 5.69 Å². The van der Waals surface area contributed by atoms with Gasteiger partial charge in [0, 0.05) is 55.7 Å². The van der Waals surface area contributed by atoms with Crippen LogP contribution >= 0.6 is 11.3 Å². The summed E-state index contributed by atoms with van der Waals surface area (Å²) in [5, 5.41) is 9.33. The zero-order valence-corrected chi connectivity index (χ0v) is 18.7. The molecule has 2 heterocycles. The predicted molar refractivity (Wildman–Crippen MR) is 128 cm³/mol. The Morgan fingerprint density at radius 3 is 2.29 bits per heavy atom. The molecule has 3 aromatic rings. The molecule has 1 aromatic heterocycles. The van der Waals surface area contributed by atoms with Crippen LogP contribution in [0.3, 0.4) is 0 Å². The SMILES string of the molecule is CC(=O)Nc1ccc(NC(=O)[C@H](C)N2CCN(Cc3csc4ccccc34)CC2)cc1. The number of nitrogens with one attached hydrogen (secondary N) is 2. The van der Waals surface area contributed by atoms with Crippen molar-refractivity contribution in [2.24, 2.45) is 0 Å². The van der Waals surface area contributed by atoms with Gasteiger partial charge in [-0.1, -0.05) is 18.2 Å². The summed E-state index contributed by atoms with van der Waals surface area (Å²) in [4.78, 5) is 28.6. The molecule has 6 nitrogen and oxygen atoms in total. The van der Waals surface area contributed by atoms with Crippen molar-refractivity contribution >= 4 is 44.6 Å². The van der Waals surface area contributed by atoms with E-state index in [9.17, 15) is 9.59 Å². The molecule has 7 heteroatoms. The number of fused-ring (bicyclic) bond motifs is 1. The third-order valence-corrected chi connectivity index (χ3v) is 6.77. The zero-order valence-electron chi connectivity index (χ0n) is 17.9. The van der Waals surface area contributed by atoms with Gasteiger partial charge in [-0.05, 0) is 53.6 Å². The van der Waals surface area contributed by atoms with Crippen molar-refractivity contribution in [2.75, 3.05) is 36.8 Å². The highest BCUT2D eigenvalue weighted by Gasteiger charge is 2.26. The lowest BCUT2D eigenvalue weighted by atomic mass is 10.1. The summed E-state index contributed by atoms with van der Waals surface area (Å²) in [5.41, 5.74) is 2.84. The second-order valence-corrected chi connectivity index (χ2v) is 8.90. The molecular formula is C24H28N4O2S. The summed E-state index contributed by atoms with van der Waals surface area (Å²) in [7, 11) is 0. The van der Waals surface area contributed by atoms with E-state index in [1.165, 1.54) is 22.6 Å². The van der Waals surface area contributed by atoms with E-state index in [-0.39, 0.29) is 17.9 Å². The average molecular weight is 437 g/mol. The Bertz CT molecular complexity index is 1050. The van der Waals surface area contributed by atoms with E-state index in [1.807, 2.05) is 6.92 Å². The second-order valence-electron chi connectivity index (χ2n) is 7.99. The largest absolute Gasteiger partial charge is 0.326 e. The molecule has 1 saturated heterocycles. The molecule has 0 spiro atoms. The first-order chi connectivity index (χ1) is 15.0. The smallest absolute Gasteiger partial charge is 0.241 e. The van der Waals surface area contributed by atoms with Gasteiger partial charge in [0.25, 0.3) is 0 Å². The minimum Gasteiger partial charge on any atom is -0.326 e. The number of hydrogen-bond donors (Lipinski definition) is 2. The van der Waals surface area contributed by atoms with Crippen LogP contribution in [0.15, 0.2) is 53.9 Å². The highest BCUT2D eigenvalue weighted by atomic mass is 32.1. The Morgan fingerprint density at radius 2 is 1.61 bits per heavy atom. The average Bonchev–Trinajstić information content (AvgIpc) is 3.17. The van der Waals surface area contributed by atoms with Crippen molar-refractivity contribution in [1.29, 1.82) is 0 Å². The van der Waals surface area contributed by atoms with E-state index < -0.39 is 0 Å². The molecule has 1 aliphatic heterocycles. The van der Waals surface area contributed by atoms with E-state index in [0.717, 1.165) is 38.4 Å². The number of rotatable bonds is 6. The molecule has 1 fully saturated rings. The maximum atomic E-state index is 12.7. The number of thiophene rings is 1. The maximum Gasteiger partial charge on any atom is 0.241 e. The second kappa shape index (κ2) is 9.60. The topological polar surface area (TPSA) is 64.7 Å². The van der Waals surface area contributed by atoms with E-state index >= 15 is 0 Å². The van der Waals surface area contributed by atoms with Gasteiger partial charge in [0.15, 0.2) is 0 Å². The first-order valence-electron chi connectivity index (χ1n) is 10.6. The molecule has 2 amide bonds. The van der Waals surface area contributed by atoms with E-state index in [4.69, 9.17) is 0 Å². The fourth-order valence-electron chi connectivity index (χ4n) is 3.96. The normalized spacial score (nSPS) is 16.2. The van der Waals surface area contributed by atoms with Crippen LogP contribution in [-0.2, 0) is 16.1 Å². The summed E-state index contributed by atoms with van der Waals surface area (Å²) >= 11 is 1.81. The maximum absolute atomic E-state index is 12.7. The first kappa shape index (κ1) is 21.5. The van der Waals surface area contributed by atoms with Crippen molar-refractivity contribution in [2.45, 2.75) is 26.4 Å². The molecule has 0 bridgehead atoms. The number of anilines is 2. The van der Waals surface area contributed by atoms with Gasteiger partial charge in [0.05, 0.1) is 6.04 Å². The Labute approximate surface area is 186 Å². The number of benzene rings is 2. The third-order valence-electron chi connectivity index (χ3n) is 5.76. The number of amides is 2. The summed E-state index contributed by atoms with van der Waals surface area (Å²) in [6, 6.07) is 15.6. The van der Waals surface area contributed by atoms with Crippen LogP contribution in [0.2, 0.25) is 0 Å². The minimum absolute atomic E-state index is 0.00967. The molecule has 0 saturated carbocycles. The fraction of sp³-hybridized carbons (Fsp3) is 0.333. The molecule has 2 N–H and O–H groups in total. The highest BCUT2D eigenvalue weighted by Crippen LogP contribution is 2.27. The van der Waals surface area contributed by atoms with Gasteiger partial charge < -0.3 is 10.6 Å². The van der Waals surface area contributed by atoms with Gasteiger partial charge >= 0.3 is 0 Å². The molecule has 4 rings (SSSR count). The zero-order chi connectivity index (χ0) is 21.8. The lowest BCUT2D eigenvalue weighted by Crippen LogP contribution is -2.52. The van der Waals surface area contributed by atoms with Crippen molar-refractivity contribution < 1.29 is 9.59 Å². The minimum atomic E-state index is -0.195. The fourth-order valence-corrected chi connectivity index (χ4v) is 4.91. The van der Waals surface area contributed by atoms with Gasteiger partial charge in [-0.2, -0.15) is 0 Å². The van der Waals surface area contributed by atoms with Crippen LogP contribution in [0, 0.1) is 0 Å². The number of nitrogens with zero attached hydrogens (tertiary/aromatic N) is 2. The Hall–Kier alpha value is -2.74. The van der Waals surface area contributed by atoms with Crippen LogP contribution in [0.4, 0.5) is 11.4 Å². The van der Waals surface area contributed by atoms with Crippen LogP contribution in [0.1, 0.15) is 19.4 Å². The Balaban J connectivity index is 1.28. The highest BCUT2D eigenvalue weighted by molar-refractivity contribution is 7.17. The molecular weight excluding hydrogens is 408 g/mol. The van der Waals surface area contributed by atoms with Crippen LogP contribution in [0.5, 0.6) is 0 Å². The van der Waals surface area contributed by atoms with Crippen molar-refractivity contribution in [3.63, 3.8) is 0 Å². The predicted octanol–water partition coefficient (Wildman–Crippen LogP) is 4.00. The van der Waals surface area contributed by atoms with Crippen LogP contribution < -0.4 is 10.6 Å². The number of carbonyl (C=O) groups is 2. The lowest BCUT2D eigenvalue weighted by molar-refractivity contribution is -0.121. The van der Waals surface area contributed by atoms with Crippen LogP contribution in [-0.4, -0.2) is 53.8 Å². The molecule has 31 heavy (non-hydrogen) atoms. The van der Waals surface area contributed by atoms with Gasteiger partial charge in [-0.3, -0.25) is 19.4 Å². The van der Waals surface area contributed by atoms with E-state index in [2.05, 4.69) is 50.1 Å². The Morgan fingerprint density at radius 1 is 0.968 bits per heavy atom. The van der Waals surface area contributed by atoms with Gasteiger partial charge in [-0.25, -0.2) is 0 Å².